The van der Waals surface area contributed by atoms with Gasteiger partial charge in [0.15, 0.2) is 11.5 Å². The van der Waals surface area contributed by atoms with Crippen molar-refractivity contribution < 1.29 is 14.4 Å². The van der Waals surface area contributed by atoms with Crippen molar-refractivity contribution in [3.8, 4) is 11.5 Å². The van der Waals surface area contributed by atoms with Gasteiger partial charge in [-0.1, -0.05) is 0 Å². The van der Waals surface area contributed by atoms with E-state index in [0.29, 0.717) is 30.0 Å². The van der Waals surface area contributed by atoms with Crippen molar-refractivity contribution >= 4 is 38.3 Å². The number of ether oxygens (including phenoxy) is 2. The molecule has 0 saturated carbocycles. The normalized spacial score (nSPS) is 10.6. The molecule has 0 bridgehead atoms. The zero-order valence-corrected chi connectivity index (χ0v) is 16.3. The summed E-state index contributed by atoms with van der Waals surface area (Å²) in [6, 6.07) is 6.73. The second kappa shape index (κ2) is 8.17. The van der Waals surface area contributed by atoms with Gasteiger partial charge in [-0.3, -0.25) is 20.1 Å². The standard InChI is InChI=1S/C18H17BrN4O4/c1-26-16-7-11(15(23(24)25)9-17(16)27-2)3-5-20-13-4-6-21-14-8-12(19)10-22-18(13)14/h4,6-10H,3,5H2,1-2H3,(H,20,21). The van der Waals surface area contributed by atoms with E-state index < -0.39 is 4.92 Å². The van der Waals surface area contributed by atoms with E-state index in [1.807, 2.05) is 12.1 Å². The average Bonchev–Trinajstić information content (AvgIpc) is 2.67. The fraction of sp³-hybridized carbons (Fsp3) is 0.222. The summed E-state index contributed by atoms with van der Waals surface area (Å²) in [6.07, 6.45) is 3.82. The highest BCUT2D eigenvalue weighted by Gasteiger charge is 2.19. The minimum atomic E-state index is -0.418. The van der Waals surface area contributed by atoms with Crippen molar-refractivity contribution in [3.05, 3.63) is 56.8 Å². The number of fused-ring (bicyclic) bond motifs is 1. The van der Waals surface area contributed by atoms with Crippen molar-refractivity contribution in [2.75, 3.05) is 26.1 Å². The number of hydrogen-bond acceptors (Lipinski definition) is 7. The number of nitrogens with one attached hydrogen (secondary N) is 1. The molecule has 140 valence electrons. The second-order valence-corrected chi connectivity index (χ2v) is 6.57. The van der Waals surface area contributed by atoms with Gasteiger partial charge in [-0.25, -0.2) is 0 Å². The zero-order chi connectivity index (χ0) is 19.4. The van der Waals surface area contributed by atoms with Crippen LogP contribution in [0.5, 0.6) is 11.5 Å². The number of benzene rings is 1. The van der Waals surface area contributed by atoms with Gasteiger partial charge in [0.05, 0.1) is 36.4 Å². The van der Waals surface area contributed by atoms with Crippen molar-refractivity contribution in [3.63, 3.8) is 0 Å². The second-order valence-electron chi connectivity index (χ2n) is 5.65. The lowest BCUT2D eigenvalue weighted by Crippen LogP contribution is -2.08. The molecule has 0 amide bonds. The maximum absolute atomic E-state index is 11.4. The Bertz CT molecular complexity index is 997. The van der Waals surface area contributed by atoms with Crippen molar-refractivity contribution in [2.45, 2.75) is 6.42 Å². The summed E-state index contributed by atoms with van der Waals surface area (Å²) in [7, 11) is 2.95. The molecule has 0 aliphatic carbocycles. The molecule has 0 atom stereocenters. The number of pyridine rings is 2. The maximum atomic E-state index is 11.4. The number of methoxy groups -OCH3 is 2. The minimum absolute atomic E-state index is 0.00362. The molecule has 3 rings (SSSR count). The highest BCUT2D eigenvalue weighted by molar-refractivity contribution is 9.10. The fourth-order valence-corrected chi connectivity index (χ4v) is 3.08. The van der Waals surface area contributed by atoms with E-state index in [0.717, 1.165) is 21.2 Å². The van der Waals surface area contributed by atoms with Crippen LogP contribution in [0.1, 0.15) is 5.56 Å². The maximum Gasteiger partial charge on any atom is 0.276 e. The number of anilines is 1. The largest absolute Gasteiger partial charge is 0.493 e. The molecule has 9 heteroatoms. The van der Waals surface area contributed by atoms with Gasteiger partial charge < -0.3 is 14.8 Å². The van der Waals surface area contributed by atoms with E-state index in [2.05, 4.69) is 31.2 Å². The number of aromatic nitrogens is 2. The van der Waals surface area contributed by atoms with E-state index in [9.17, 15) is 10.1 Å². The topological polar surface area (TPSA) is 99.4 Å². The number of rotatable bonds is 7. The molecule has 0 aliphatic heterocycles. The molecule has 0 saturated heterocycles. The summed E-state index contributed by atoms with van der Waals surface area (Å²) in [5, 5.41) is 14.7. The Morgan fingerprint density at radius 2 is 1.93 bits per heavy atom. The quantitative estimate of drug-likeness (QED) is 0.445. The van der Waals surface area contributed by atoms with Crippen LogP contribution in [0.15, 0.2) is 41.1 Å². The number of nitro groups is 1. The molecule has 8 nitrogen and oxygen atoms in total. The Labute approximate surface area is 163 Å². The first-order valence-electron chi connectivity index (χ1n) is 8.07. The Morgan fingerprint density at radius 3 is 2.63 bits per heavy atom. The van der Waals surface area contributed by atoms with Gasteiger partial charge in [-0.2, -0.15) is 0 Å². The summed E-state index contributed by atoms with van der Waals surface area (Å²) in [4.78, 5) is 19.7. The highest BCUT2D eigenvalue weighted by atomic mass is 79.9. The molecule has 3 aromatic rings. The molecule has 2 aromatic heterocycles. The predicted molar refractivity (Wildman–Crippen MR) is 106 cm³/mol. The van der Waals surface area contributed by atoms with Crippen LogP contribution in [-0.4, -0.2) is 35.7 Å². The van der Waals surface area contributed by atoms with Crippen molar-refractivity contribution in [1.82, 2.24) is 9.97 Å². The van der Waals surface area contributed by atoms with Gasteiger partial charge in [0.2, 0.25) is 0 Å². The first-order chi connectivity index (χ1) is 13.0. The summed E-state index contributed by atoms with van der Waals surface area (Å²) >= 11 is 3.38. The van der Waals surface area contributed by atoms with Crippen LogP contribution in [0.4, 0.5) is 11.4 Å². The zero-order valence-electron chi connectivity index (χ0n) is 14.7. The smallest absolute Gasteiger partial charge is 0.276 e. The van der Waals surface area contributed by atoms with Gasteiger partial charge in [0.25, 0.3) is 5.69 Å². The van der Waals surface area contributed by atoms with Gasteiger partial charge in [0, 0.05) is 29.0 Å². The van der Waals surface area contributed by atoms with Crippen LogP contribution in [0.2, 0.25) is 0 Å². The Morgan fingerprint density at radius 1 is 1.19 bits per heavy atom. The number of nitrogens with zero attached hydrogens (tertiary/aromatic N) is 3. The van der Waals surface area contributed by atoms with Crippen LogP contribution in [0, 0.1) is 10.1 Å². The van der Waals surface area contributed by atoms with E-state index >= 15 is 0 Å². The Balaban J connectivity index is 1.82. The molecule has 2 heterocycles. The number of hydrogen-bond donors (Lipinski definition) is 1. The third-order valence-electron chi connectivity index (χ3n) is 4.04. The molecule has 0 aliphatic rings. The van der Waals surface area contributed by atoms with E-state index in [-0.39, 0.29) is 5.69 Å². The van der Waals surface area contributed by atoms with Gasteiger partial charge in [-0.15, -0.1) is 0 Å². The number of nitro benzene ring substituents is 1. The molecule has 27 heavy (non-hydrogen) atoms. The van der Waals surface area contributed by atoms with Gasteiger partial charge in [-0.05, 0) is 40.5 Å². The lowest BCUT2D eigenvalue weighted by atomic mass is 10.1. The molecular weight excluding hydrogens is 416 g/mol. The summed E-state index contributed by atoms with van der Waals surface area (Å²) in [6.45, 7) is 0.479. The summed E-state index contributed by atoms with van der Waals surface area (Å²) in [5.74, 6) is 0.787. The Kier molecular flexibility index (Phi) is 5.70. The van der Waals surface area contributed by atoms with Crippen LogP contribution in [-0.2, 0) is 6.42 Å². The molecule has 0 fully saturated rings. The van der Waals surface area contributed by atoms with E-state index in [1.54, 1.807) is 18.5 Å². The Hall–Kier alpha value is -2.94. The van der Waals surface area contributed by atoms with E-state index in [1.165, 1.54) is 20.3 Å². The average molecular weight is 433 g/mol. The molecule has 0 radical (unpaired) electrons. The molecule has 1 aromatic carbocycles. The lowest BCUT2D eigenvalue weighted by molar-refractivity contribution is -0.385. The SMILES string of the molecule is COc1cc(CCNc2ccnc3cc(Br)cnc23)c([N+](=O)[O-])cc1OC. The third-order valence-corrected chi connectivity index (χ3v) is 4.47. The molecule has 1 N–H and O–H groups in total. The highest BCUT2D eigenvalue weighted by Crippen LogP contribution is 2.34. The van der Waals surface area contributed by atoms with Crippen LogP contribution >= 0.6 is 15.9 Å². The first-order valence-corrected chi connectivity index (χ1v) is 8.86. The molecule has 0 unspecified atom stereocenters. The summed E-state index contributed by atoms with van der Waals surface area (Å²) < 4.78 is 11.3. The van der Waals surface area contributed by atoms with Gasteiger partial charge in [0.1, 0.15) is 5.52 Å². The lowest BCUT2D eigenvalue weighted by Gasteiger charge is -2.12. The van der Waals surface area contributed by atoms with Crippen LogP contribution in [0.25, 0.3) is 11.0 Å². The minimum Gasteiger partial charge on any atom is -0.493 e. The predicted octanol–water partition coefficient (Wildman–Crippen LogP) is 3.97. The number of halogens is 1. The van der Waals surface area contributed by atoms with E-state index in [4.69, 9.17) is 9.47 Å². The van der Waals surface area contributed by atoms with Crippen molar-refractivity contribution in [2.24, 2.45) is 0 Å². The van der Waals surface area contributed by atoms with Crippen molar-refractivity contribution in [1.29, 1.82) is 0 Å². The fourth-order valence-electron chi connectivity index (χ4n) is 2.76. The first kappa shape index (κ1) is 18.8. The summed E-state index contributed by atoms with van der Waals surface area (Å²) in [5.41, 5.74) is 2.86. The monoisotopic (exact) mass is 432 g/mol. The van der Waals surface area contributed by atoms with Crippen LogP contribution in [0.3, 0.4) is 0 Å². The molecular formula is C18H17BrN4O4. The third kappa shape index (κ3) is 4.08. The van der Waals surface area contributed by atoms with Gasteiger partial charge >= 0.3 is 0 Å². The van der Waals surface area contributed by atoms with Crippen LogP contribution < -0.4 is 14.8 Å². The molecule has 0 spiro atoms.